The van der Waals surface area contributed by atoms with Gasteiger partial charge in [0.15, 0.2) is 0 Å². The fourth-order valence-electron chi connectivity index (χ4n) is 9.29. The molecule has 0 bridgehead atoms. The molecular formula is C49H38. The molecule has 0 aromatic heterocycles. The number of hydrogen-bond donors (Lipinski definition) is 0. The molecule has 0 fully saturated rings. The van der Waals surface area contributed by atoms with Gasteiger partial charge in [0.25, 0.3) is 0 Å². The minimum Gasteiger partial charge on any atom is -0.0619 e. The van der Waals surface area contributed by atoms with Crippen molar-refractivity contribution in [3.05, 3.63) is 168 Å². The number of benzene rings is 8. The van der Waals surface area contributed by atoms with Crippen LogP contribution in [0.1, 0.15) is 48.9 Å². The third-order valence-corrected chi connectivity index (χ3v) is 11.6. The zero-order chi connectivity index (χ0) is 32.7. The highest BCUT2D eigenvalue weighted by atomic mass is 14.4. The highest BCUT2D eigenvalue weighted by molar-refractivity contribution is 6.23. The van der Waals surface area contributed by atoms with Crippen molar-refractivity contribution >= 4 is 32.3 Å². The molecule has 8 aromatic carbocycles. The SMILES string of the molecule is CC1(C)c2ccccc2-c2c(-c3c4ccccc4c(-c4cccc5c4CCCC5)c4ccc(-c5ccc6ccccc6c5)cc34)cccc21. The minimum absolute atomic E-state index is 0.0627. The summed E-state index contributed by atoms with van der Waals surface area (Å²) in [6, 6.07) is 55.2. The lowest BCUT2D eigenvalue weighted by atomic mass is 9.79. The zero-order valence-electron chi connectivity index (χ0n) is 28.2. The summed E-state index contributed by atoms with van der Waals surface area (Å²) in [5.41, 5.74) is 16.5. The lowest BCUT2D eigenvalue weighted by Crippen LogP contribution is -2.14. The summed E-state index contributed by atoms with van der Waals surface area (Å²) in [6.45, 7) is 4.77. The van der Waals surface area contributed by atoms with Gasteiger partial charge in [-0.05, 0) is 137 Å². The average Bonchev–Trinajstić information content (AvgIpc) is 3.39. The molecular weight excluding hydrogens is 589 g/mol. The van der Waals surface area contributed by atoms with E-state index in [1.807, 2.05) is 0 Å². The second-order valence-electron chi connectivity index (χ2n) is 14.7. The molecule has 0 saturated carbocycles. The summed E-state index contributed by atoms with van der Waals surface area (Å²) in [5.74, 6) is 0. The largest absolute Gasteiger partial charge is 0.0619 e. The van der Waals surface area contributed by atoms with E-state index in [1.54, 1.807) is 5.56 Å². The predicted octanol–water partition coefficient (Wildman–Crippen LogP) is 13.3. The van der Waals surface area contributed by atoms with Crippen molar-refractivity contribution in [3.63, 3.8) is 0 Å². The standard InChI is InChI=1S/C49H38/c1-49(2)44-23-10-9-20-41(44)48-42(22-12-24-45(48)49)47-39-19-8-7-18-38(39)46(37-21-11-16-32-14-5-6-17-36(32)37)40-28-27-35(30-43(40)47)34-26-25-31-13-3-4-15-33(31)29-34/h3-4,7-13,15-16,18-30H,5-6,14,17H2,1-2H3. The van der Waals surface area contributed by atoms with E-state index in [9.17, 15) is 0 Å². The Morgan fingerprint density at radius 1 is 0.408 bits per heavy atom. The maximum absolute atomic E-state index is 2.49. The Balaban J connectivity index is 1.35. The van der Waals surface area contributed by atoms with Crippen LogP contribution in [0, 0.1) is 0 Å². The van der Waals surface area contributed by atoms with Crippen molar-refractivity contribution in [3.8, 4) is 44.5 Å². The summed E-state index contributed by atoms with van der Waals surface area (Å²) in [7, 11) is 0. The van der Waals surface area contributed by atoms with Crippen LogP contribution in [0.2, 0.25) is 0 Å². The summed E-state index contributed by atoms with van der Waals surface area (Å²) in [4.78, 5) is 0. The molecule has 2 aliphatic rings. The first-order chi connectivity index (χ1) is 24.1. The van der Waals surface area contributed by atoms with Crippen molar-refractivity contribution in [2.24, 2.45) is 0 Å². The third kappa shape index (κ3) is 4.23. The summed E-state index contributed by atoms with van der Waals surface area (Å²) < 4.78 is 0. The molecule has 0 amide bonds. The van der Waals surface area contributed by atoms with E-state index in [0.29, 0.717) is 0 Å². The molecule has 0 heterocycles. The molecule has 8 aromatic rings. The van der Waals surface area contributed by atoms with Gasteiger partial charge in [0.1, 0.15) is 0 Å². The molecule has 0 heteroatoms. The lowest BCUT2D eigenvalue weighted by molar-refractivity contribution is 0.660. The van der Waals surface area contributed by atoms with Crippen LogP contribution in [0.25, 0.3) is 76.8 Å². The molecule has 0 unspecified atom stereocenters. The Labute approximate surface area is 288 Å². The molecule has 0 nitrogen and oxygen atoms in total. The highest BCUT2D eigenvalue weighted by Crippen LogP contribution is 2.55. The summed E-state index contributed by atoms with van der Waals surface area (Å²) >= 11 is 0. The van der Waals surface area contributed by atoms with Gasteiger partial charge in [0.05, 0.1) is 0 Å². The summed E-state index contributed by atoms with van der Waals surface area (Å²) in [5, 5.41) is 7.87. The van der Waals surface area contributed by atoms with Crippen LogP contribution in [-0.4, -0.2) is 0 Å². The van der Waals surface area contributed by atoms with Gasteiger partial charge in [0, 0.05) is 5.41 Å². The van der Waals surface area contributed by atoms with E-state index in [2.05, 4.69) is 159 Å². The molecule has 0 saturated heterocycles. The van der Waals surface area contributed by atoms with Crippen LogP contribution >= 0.6 is 0 Å². The molecule has 234 valence electrons. The maximum Gasteiger partial charge on any atom is 0.0159 e. The molecule has 2 aliphatic carbocycles. The van der Waals surface area contributed by atoms with Crippen LogP contribution in [-0.2, 0) is 18.3 Å². The van der Waals surface area contributed by atoms with E-state index in [1.165, 1.54) is 113 Å². The Kier molecular flexibility index (Phi) is 6.28. The quantitative estimate of drug-likeness (QED) is 0.171. The van der Waals surface area contributed by atoms with E-state index in [0.717, 1.165) is 6.42 Å². The third-order valence-electron chi connectivity index (χ3n) is 11.6. The Morgan fingerprint density at radius 2 is 1.02 bits per heavy atom. The zero-order valence-corrected chi connectivity index (χ0v) is 28.2. The van der Waals surface area contributed by atoms with Crippen molar-refractivity contribution < 1.29 is 0 Å². The van der Waals surface area contributed by atoms with Gasteiger partial charge >= 0.3 is 0 Å². The molecule has 0 aliphatic heterocycles. The number of rotatable bonds is 3. The summed E-state index contributed by atoms with van der Waals surface area (Å²) in [6.07, 6.45) is 4.86. The van der Waals surface area contributed by atoms with Gasteiger partial charge in [-0.15, -0.1) is 0 Å². The first kappa shape index (κ1) is 28.5. The van der Waals surface area contributed by atoms with E-state index in [-0.39, 0.29) is 5.41 Å². The number of aryl methyl sites for hydroxylation is 1. The Hall–Kier alpha value is -5.46. The smallest absolute Gasteiger partial charge is 0.0159 e. The van der Waals surface area contributed by atoms with Gasteiger partial charge < -0.3 is 0 Å². The normalized spacial score (nSPS) is 14.6. The molecule has 0 spiro atoms. The molecule has 0 N–H and O–H groups in total. The molecule has 0 radical (unpaired) electrons. The second-order valence-corrected chi connectivity index (χ2v) is 14.7. The molecule has 49 heavy (non-hydrogen) atoms. The van der Waals surface area contributed by atoms with Crippen LogP contribution in [0.15, 0.2) is 146 Å². The molecule has 0 atom stereocenters. The van der Waals surface area contributed by atoms with Crippen LogP contribution in [0.4, 0.5) is 0 Å². The van der Waals surface area contributed by atoms with Crippen LogP contribution < -0.4 is 0 Å². The number of hydrogen-bond acceptors (Lipinski definition) is 0. The first-order valence-corrected chi connectivity index (χ1v) is 17.9. The van der Waals surface area contributed by atoms with Gasteiger partial charge in [0.2, 0.25) is 0 Å². The van der Waals surface area contributed by atoms with Crippen molar-refractivity contribution in [2.45, 2.75) is 44.9 Å². The lowest BCUT2D eigenvalue weighted by Gasteiger charge is -2.24. The highest BCUT2D eigenvalue weighted by Gasteiger charge is 2.37. The van der Waals surface area contributed by atoms with Crippen molar-refractivity contribution in [1.82, 2.24) is 0 Å². The Bertz CT molecular complexity index is 2630. The van der Waals surface area contributed by atoms with E-state index < -0.39 is 0 Å². The van der Waals surface area contributed by atoms with Gasteiger partial charge in [-0.2, -0.15) is 0 Å². The van der Waals surface area contributed by atoms with Gasteiger partial charge in [-0.3, -0.25) is 0 Å². The molecule has 10 rings (SSSR count). The number of fused-ring (bicyclic) bond motifs is 7. The minimum atomic E-state index is -0.0627. The first-order valence-electron chi connectivity index (χ1n) is 17.9. The predicted molar refractivity (Wildman–Crippen MR) is 209 cm³/mol. The van der Waals surface area contributed by atoms with Crippen molar-refractivity contribution in [2.75, 3.05) is 0 Å². The van der Waals surface area contributed by atoms with Crippen LogP contribution in [0.5, 0.6) is 0 Å². The van der Waals surface area contributed by atoms with Crippen molar-refractivity contribution in [1.29, 1.82) is 0 Å². The van der Waals surface area contributed by atoms with Gasteiger partial charge in [-0.1, -0.05) is 147 Å². The maximum atomic E-state index is 2.49. The van der Waals surface area contributed by atoms with Gasteiger partial charge in [-0.25, -0.2) is 0 Å². The Morgan fingerprint density at radius 3 is 1.90 bits per heavy atom. The van der Waals surface area contributed by atoms with E-state index in [4.69, 9.17) is 0 Å². The fraction of sp³-hybridized carbons (Fsp3) is 0.143. The van der Waals surface area contributed by atoms with Crippen LogP contribution in [0.3, 0.4) is 0 Å². The second kappa shape index (κ2) is 10.8. The average molecular weight is 627 g/mol. The topological polar surface area (TPSA) is 0 Å². The fourth-order valence-corrected chi connectivity index (χ4v) is 9.29. The monoisotopic (exact) mass is 626 g/mol. The van der Waals surface area contributed by atoms with E-state index >= 15 is 0 Å².